The quantitative estimate of drug-likeness (QED) is 0.306. The Hall–Kier alpha value is -2.22. The van der Waals surface area contributed by atoms with E-state index in [2.05, 4.69) is 28.6 Å². The molecule has 0 saturated heterocycles. The first-order valence-electron chi connectivity index (χ1n) is 10.3. The van der Waals surface area contributed by atoms with E-state index in [4.69, 9.17) is 5.73 Å². The number of aromatic nitrogens is 1. The molecule has 0 unspecified atom stereocenters. The Morgan fingerprint density at radius 3 is 2.70 bits per heavy atom. The standard InChI is InChI=1S/C23H34N4O2S/c1-17(10-12-25-14-19(15-28)18-7-5-4-6-8-18)9-11-23(2,3)27-21(29)13-20-16-30-22(24)26-20/h4-9,16,19,25,28H,10-15H2,1-3H3,(H2,24,26)(H,27,29)/b17-9+/t19-/m1/s1. The van der Waals surface area contributed by atoms with Gasteiger partial charge in [-0.3, -0.25) is 4.79 Å². The summed E-state index contributed by atoms with van der Waals surface area (Å²) in [4.78, 5) is 16.4. The fraction of sp³-hybridized carbons (Fsp3) is 0.478. The Bertz CT molecular complexity index is 818. The van der Waals surface area contributed by atoms with Crippen molar-refractivity contribution in [2.24, 2.45) is 0 Å². The first-order valence-corrected chi connectivity index (χ1v) is 11.2. The lowest BCUT2D eigenvalue weighted by Crippen LogP contribution is -2.43. The molecular weight excluding hydrogens is 396 g/mol. The van der Waals surface area contributed by atoms with Gasteiger partial charge in [0.15, 0.2) is 5.13 Å². The number of nitrogens with zero attached hydrogens (tertiary/aromatic N) is 1. The van der Waals surface area contributed by atoms with Gasteiger partial charge in [0, 0.05) is 23.4 Å². The van der Waals surface area contributed by atoms with Crippen molar-refractivity contribution in [3.8, 4) is 0 Å². The fourth-order valence-electron chi connectivity index (χ4n) is 3.15. The van der Waals surface area contributed by atoms with Gasteiger partial charge in [0.1, 0.15) is 0 Å². The zero-order valence-corrected chi connectivity index (χ0v) is 19.0. The molecule has 0 aliphatic heterocycles. The van der Waals surface area contributed by atoms with Gasteiger partial charge in [-0.05, 0) is 45.7 Å². The summed E-state index contributed by atoms with van der Waals surface area (Å²) < 4.78 is 0. The van der Waals surface area contributed by atoms with Crippen LogP contribution >= 0.6 is 11.3 Å². The number of hydrogen-bond donors (Lipinski definition) is 4. The monoisotopic (exact) mass is 430 g/mol. The molecule has 30 heavy (non-hydrogen) atoms. The number of rotatable bonds is 12. The number of thiazole rings is 1. The van der Waals surface area contributed by atoms with Crippen LogP contribution in [0.25, 0.3) is 0 Å². The number of benzene rings is 1. The lowest BCUT2D eigenvalue weighted by molar-refractivity contribution is -0.122. The molecule has 7 heteroatoms. The largest absolute Gasteiger partial charge is 0.396 e. The van der Waals surface area contributed by atoms with Crippen LogP contribution in [-0.4, -0.2) is 41.2 Å². The summed E-state index contributed by atoms with van der Waals surface area (Å²) in [5, 5.41) is 18.4. The third-order valence-corrected chi connectivity index (χ3v) is 5.65. The highest BCUT2D eigenvalue weighted by Gasteiger charge is 2.20. The van der Waals surface area contributed by atoms with Crippen molar-refractivity contribution in [3.05, 3.63) is 58.6 Å². The van der Waals surface area contributed by atoms with Gasteiger partial charge in [-0.15, -0.1) is 11.3 Å². The fourth-order valence-corrected chi connectivity index (χ4v) is 3.71. The Morgan fingerprint density at radius 2 is 2.07 bits per heavy atom. The number of amides is 1. The van der Waals surface area contributed by atoms with E-state index in [-0.39, 0.29) is 30.4 Å². The molecule has 1 atom stereocenters. The Kier molecular flexibility index (Phi) is 9.49. The van der Waals surface area contributed by atoms with Crippen molar-refractivity contribution in [1.82, 2.24) is 15.6 Å². The van der Waals surface area contributed by atoms with Gasteiger partial charge in [0.05, 0.1) is 18.7 Å². The summed E-state index contributed by atoms with van der Waals surface area (Å²) in [5.74, 6) is 0.0617. The van der Waals surface area contributed by atoms with E-state index in [1.54, 1.807) is 0 Å². The van der Waals surface area contributed by atoms with Gasteiger partial charge in [0.2, 0.25) is 5.91 Å². The molecular formula is C23H34N4O2S. The summed E-state index contributed by atoms with van der Waals surface area (Å²) in [5.41, 5.74) is 8.42. The van der Waals surface area contributed by atoms with Crippen molar-refractivity contribution < 1.29 is 9.90 Å². The number of nitrogens with one attached hydrogen (secondary N) is 2. The van der Waals surface area contributed by atoms with Crippen molar-refractivity contribution in [2.45, 2.75) is 51.5 Å². The van der Waals surface area contributed by atoms with Crippen LogP contribution in [0.1, 0.15) is 50.8 Å². The number of aliphatic hydroxyl groups is 1. The van der Waals surface area contributed by atoms with Gasteiger partial charge in [-0.1, -0.05) is 42.0 Å². The molecule has 0 saturated carbocycles. The van der Waals surface area contributed by atoms with Crippen LogP contribution in [-0.2, 0) is 11.2 Å². The second kappa shape index (κ2) is 11.8. The summed E-state index contributed by atoms with van der Waals surface area (Å²) in [6.45, 7) is 7.88. The normalized spacial score (nSPS) is 13.3. The van der Waals surface area contributed by atoms with Crippen molar-refractivity contribution in [1.29, 1.82) is 0 Å². The summed E-state index contributed by atoms with van der Waals surface area (Å²) >= 11 is 1.35. The highest BCUT2D eigenvalue weighted by atomic mass is 32.1. The van der Waals surface area contributed by atoms with Gasteiger partial charge in [-0.25, -0.2) is 4.98 Å². The molecule has 6 nitrogen and oxygen atoms in total. The molecule has 1 aromatic heterocycles. The zero-order chi connectivity index (χ0) is 22.0. The van der Waals surface area contributed by atoms with E-state index >= 15 is 0 Å². The molecule has 0 spiro atoms. The molecule has 0 aliphatic rings. The van der Waals surface area contributed by atoms with Crippen LogP contribution in [0.3, 0.4) is 0 Å². The van der Waals surface area contributed by atoms with Crippen molar-refractivity contribution in [2.75, 3.05) is 25.4 Å². The summed E-state index contributed by atoms with van der Waals surface area (Å²) in [6, 6.07) is 10.1. The van der Waals surface area contributed by atoms with Gasteiger partial charge in [-0.2, -0.15) is 0 Å². The third-order valence-electron chi connectivity index (χ3n) is 4.93. The van der Waals surface area contributed by atoms with Crippen LogP contribution in [0.2, 0.25) is 0 Å². The van der Waals surface area contributed by atoms with Crippen LogP contribution < -0.4 is 16.4 Å². The number of carbonyl (C=O) groups excluding carboxylic acids is 1. The smallest absolute Gasteiger partial charge is 0.226 e. The minimum Gasteiger partial charge on any atom is -0.396 e. The molecule has 0 aliphatic carbocycles. The number of hydrogen-bond acceptors (Lipinski definition) is 6. The van der Waals surface area contributed by atoms with Crippen LogP contribution in [0.4, 0.5) is 5.13 Å². The van der Waals surface area contributed by atoms with E-state index in [0.717, 1.165) is 31.5 Å². The average molecular weight is 431 g/mol. The summed E-state index contributed by atoms with van der Waals surface area (Å²) in [7, 11) is 0. The number of aliphatic hydroxyl groups excluding tert-OH is 1. The van der Waals surface area contributed by atoms with E-state index in [1.807, 2.05) is 49.6 Å². The van der Waals surface area contributed by atoms with E-state index in [0.29, 0.717) is 10.8 Å². The molecule has 2 aromatic rings. The molecule has 1 aromatic carbocycles. The molecule has 164 valence electrons. The molecule has 1 amide bonds. The van der Waals surface area contributed by atoms with E-state index in [1.165, 1.54) is 16.9 Å². The van der Waals surface area contributed by atoms with Crippen molar-refractivity contribution >= 4 is 22.4 Å². The minimum absolute atomic E-state index is 0.0472. The molecule has 0 fully saturated rings. The zero-order valence-electron chi connectivity index (χ0n) is 18.1. The second-order valence-corrected chi connectivity index (χ2v) is 9.17. The number of nitrogens with two attached hydrogens (primary N) is 1. The van der Waals surface area contributed by atoms with Gasteiger partial charge < -0.3 is 21.5 Å². The number of carbonyl (C=O) groups is 1. The topological polar surface area (TPSA) is 100 Å². The maximum atomic E-state index is 12.3. The SMILES string of the molecule is C/C(=C\CC(C)(C)NC(=O)Cc1csc(N)n1)CCNC[C@H](CO)c1ccccc1. The van der Waals surface area contributed by atoms with E-state index < -0.39 is 0 Å². The van der Waals surface area contributed by atoms with E-state index in [9.17, 15) is 9.90 Å². The van der Waals surface area contributed by atoms with Crippen LogP contribution in [0.15, 0.2) is 47.4 Å². The predicted molar refractivity (Wildman–Crippen MR) is 125 cm³/mol. The highest BCUT2D eigenvalue weighted by Crippen LogP contribution is 2.16. The number of anilines is 1. The maximum absolute atomic E-state index is 12.3. The minimum atomic E-state index is -0.331. The molecule has 5 N–H and O–H groups in total. The Balaban J connectivity index is 1.70. The van der Waals surface area contributed by atoms with Gasteiger partial charge in [0.25, 0.3) is 0 Å². The number of nitrogen functional groups attached to an aromatic ring is 1. The Labute approximate surface area is 183 Å². The van der Waals surface area contributed by atoms with Gasteiger partial charge >= 0.3 is 0 Å². The lowest BCUT2D eigenvalue weighted by atomic mass is 9.97. The van der Waals surface area contributed by atoms with Crippen LogP contribution in [0.5, 0.6) is 0 Å². The predicted octanol–water partition coefficient (Wildman–Crippen LogP) is 3.25. The van der Waals surface area contributed by atoms with Crippen LogP contribution in [0, 0.1) is 0 Å². The van der Waals surface area contributed by atoms with Crippen molar-refractivity contribution in [3.63, 3.8) is 0 Å². The molecule has 0 bridgehead atoms. The molecule has 1 heterocycles. The third kappa shape index (κ3) is 8.65. The maximum Gasteiger partial charge on any atom is 0.226 e. The highest BCUT2D eigenvalue weighted by molar-refractivity contribution is 7.13. The first kappa shape index (κ1) is 24.1. The second-order valence-electron chi connectivity index (χ2n) is 8.28. The molecule has 0 radical (unpaired) electrons. The Morgan fingerprint density at radius 1 is 1.33 bits per heavy atom. The lowest BCUT2D eigenvalue weighted by Gasteiger charge is -2.25. The first-order chi connectivity index (χ1) is 14.3. The molecule has 2 rings (SSSR count). The average Bonchev–Trinajstić information content (AvgIpc) is 3.11. The summed E-state index contributed by atoms with van der Waals surface area (Å²) in [6.07, 6.45) is 4.11.